The van der Waals surface area contributed by atoms with Crippen molar-refractivity contribution in [2.75, 3.05) is 49.6 Å². The molecule has 1 unspecified atom stereocenters. The number of anilines is 2. The van der Waals surface area contributed by atoms with Gasteiger partial charge in [0.2, 0.25) is 0 Å². The predicted octanol–water partition coefficient (Wildman–Crippen LogP) is 4.16. The summed E-state index contributed by atoms with van der Waals surface area (Å²) in [6.45, 7) is 4.93. The third-order valence-electron chi connectivity index (χ3n) is 6.46. The average molecular weight is 422 g/mol. The molecule has 0 bridgehead atoms. The Bertz CT molecular complexity index is 909. The highest BCUT2D eigenvalue weighted by Gasteiger charge is 2.25. The zero-order valence-corrected chi connectivity index (χ0v) is 18.0. The molecule has 2 aromatic carbocycles. The van der Waals surface area contributed by atoms with Crippen LogP contribution in [-0.4, -0.2) is 56.2 Å². The highest BCUT2D eigenvalue weighted by atomic mass is 16.6. The predicted molar refractivity (Wildman–Crippen MR) is 122 cm³/mol. The van der Waals surface area contributed by atoms with Crippen LogP contribution in [0.25, 0.3) is 0 Å². The van der Waals surface area contributed by atoms with Gasteiger partial charge in [-0.2, -0.15) is 0 Å². The normalized spacial score (nSPS) is 21.0. The van der Waals surface area contributed by atoms with Gasteiger partial charge >= 0.3 is 0 Å². The number of carbonyl (C=O) groups is 1. The smallest absolute Gasteiger partial charge is 0.253 e. The molecule has 1 N–H and O–H groups in total. The highest BCUT2D eigenvalue weighted by Crippen LogP contribution is 2.33. The summed E-state index contributed by atoms with van der Waals surface area (Å²) >= 11 is 0. The van der Waals surface area contributed by atoms with Crippen LogP contribution in [-0.2, 0) is 0 Å². The Morgan fingerprint density at radius 2 is 1.65 bits per heavy atom. The molecule has 0 saturated carbocycles. The Morgan fingerprint density at radius 1 is 0.871 bits per heavy atom. The van der Waals surface area contributed by atoms with Crippen LogP contribution >= 0.6 is 0 Å². The first-order valence-corrected chi connectivity index (χ1v) is 11.6. The lowest BCUT2D eigenvalue weighted by Gasteiger charge is -2.34. The molecule has 0 radical (unpaired) electrons. The molecule has 3 aliphatic heterocycles. The molecule has 31 heavy (non-hydrogen) atoms. The zero-order chi connectivity index (χ0) is 21.0. The molecule has 164 valence electrons. The van der Waals surface area contributed by atoms with Crippen molar-refractivity contribution in [1.29, 1.82) is 0 Å². The van der Waals surface area contributed by atoms with Crippen molar-refractivity contribution < 1.29 is 14.3 Å². The highest BCUT2D eigenvalue weighted by molar-refractivity contribution is 5.94. The first-order valence-electron chi connectivity index (χ1n) is 11.6. The number of ether oxygens (including phenoxy) is 2. The summed E-state index contributed by atoms with van der Waals surface area (Å²) in [6, 6.07) is 14.4. The van der Waals surface area contributed by atoms with E-state index in [2.05, 4.69) is 22.3 Å². The molecule has 2 fully saturated rings. The Labute approximate surface area is 184 Å². The topological polar surface area (TPSA) is 54.0 Å². The van der Waals surface area contributed by atoms with Gasteiger partial charge in [0.15, 0.2) is 11.5 Å². The van der Waals surface area contributed by atoms with Gasteiger partial charge in [-0.1, -0.05) is 0 Å². The minimum absolute atomic E-state index is 0.124. The monoisotopic (exact) mass is 421 g/mol. The van der Waals surface area contributed by atoms with E-state index >= 15 is 0 Å². The molecule has 0 aliphatic carbocycles. The summed E-state index contributed by atoms with van der Waals surface area (Å²) in [6.07, 6.45) is 5.88. The van der Waals surface area contributed by atoms with E-state index in [1.54, 1.807) is 0 Å². The van der Waals surface area contributed by atoms with E-state index in [0.29, 0.717) is 19.8 Å². The van der Waals surface area contributed by atoms with Crippen molar-refractivity contribution in [3.63, 3.8) is 0 Å². The first kappa shape index (κ1) is 20.0. The molecular formula is C25H31N3O3. The summed E-state index contributed by atoms with van der Waals surface area (Å²) in [4.78, 5) is 17.5. The van der Waals surface area contributed by atoms with Gasteiger partial charge in [0.25, 0.3) is 5.91 Å². The lowest BCUT2D eigenvalue weighted by Crippen LogP contribution is -2.45. The van der Waals surface area contributed by atoms with Gasteiger partial charge < -0.3 is 24.6 Å². The molecule has 3 heterocycles. The largest absolute Gasteiger partial charge is 0.486 e. The summed E-state index contributed by atoms with van der Waals surface area (Å²) < 4.78 is 11.3. The number of nitrogens with zero attached hydrogens (tertiary/aromatic N) is 2. The van der Waals surface area contributed by atoms with Crippen molar-refractivity contribution in [3.05, 3.63) is 48.0 Å². The lowest BCUT2D eigenvalue weighted by atomic mass is 10.0. The maximum Gasteiger partial charge on any atom is 0.253 e. The van der Waals surface area contributed by atoms with Crippen molar-refractivity contribution in [3.8, 4) is 11.5 Å². The van der Waals surface area contributed by atoms with Crippen LogP contribution in [0.3, 0.4) is 0 Å². The van der Waals surface area contributed by atoms with Crippen LogP contribution in [0.15, 0.2) is 42.5 Å². The van der Waals surface area contributed by atoms with Gasteiger partial charge in [0.05, 0.1) is 0 Å². The minimum atomic E-state index is 0.124. The van der Waals surface area contributed by atoms with Gasteiger partial charge in [-0.05, 0) is 68.5 Å². The molecule has 5 rings (SSSR count). The molecular weight excluding hydrogens is 390 g/mol. The second kappa shape index (κ2) is 9.08. The number of carbonyl (C=O) groups excluding carboxylic acids is 1. The molecule has 2 aromatic rings. The van der Waals surface area contributed by atoms with E-state index in [1.807, 2.05) is 35.2 Å². The van der Waals surface area contributed by atoms with E-state index in [0.717, 1.165) is 55.2 Å². The van der Waals surface area contributed by atoms with Gasteiger partial charge in [-0.3, -0.25) is 4.79 Å². The Balaban J connectivity index is 1.21. The van der Waals surface area contributed by atoms with Gasteiger partial charge in [-0.25, -0.2) is 0 Å². The molecule has 0 aromatic heterocycles. The maximum absolute atomic E-state index is 13.1. The number of nitrogens with one attached hydrogen (secondary N) is 1. The molecule has 3 aliphatic rings. The molecule has 2 saturated heterocycles. The van der Waals surface area contributed by atoms with Crippen LogP contribution in [0.2, 0.25) is 0 Å². The number of benzene rings is 2. The fourth-order valence-corrected chi connectivity index (χ4v) is 4.80. The van der Waals surface area contributed by atoms with Crippen molar-refractivity contribution in [2.24, 2.45) is 0 Å². The summed E-state index contributed by atoms with van der Waals surface area (Å²) in [5.74, 6) is 1.71. The summed E-state index contributed by atoms with van der Waals surface area (Å²) in [7, 11) is 0. The zero-order valence-electron chi connectivity index (χ0n) is 18.0. The molecule has 1 amide bonds. The molecule has 6 nitrogen and oxygen atoms in total. The Kier molecular flexibility index (Phi) is 5.87. The molecule has 6 heteroatoms. The SMILES string of the molecule is O=C(c1ccc(N2CCCCC2)cc1)N1CCCC(Nc2ccc3c(c2)OCCO3)C1. The number of fused-ring (bicyclic) bond motifs is 1. The quantitative estimate of drug-likeness (QED) is 0.803. The number of hydrogen-bond acceptors (Lipinski definition) is 5. The lowest BCUT2D eigenvalue weighted by molar-refractivity contribution is 0.0715. The van der Waals surface area contributed by atoms with E-state index in [9.17, 15) is 4.79 Å². The minimum Gasteiger partial charge on any atom is -0.486 e. The number of piperidine rings is 2. The van der Waals surface area contributed by atoms with Crippen LogP contribution in [0.4, 0.5) is 11.4 Å². The second-order valence-electron chi connectivity index (χ2n) is 8.69. The molecule has 1 atom stereocenters. The Hall–Kier alpha value is -2.89. The first-order chi connectivity index (χ1) is 15.3. The van der Waals surface area contributed by atoms with Crippen LogP contribution in [0, 0.1) is 0 Å². The number of likely N-dealkylation sites (tertiary alicyclic amines) is 1. The van der Waals surface area contributed by atoms with Crippen molar-refractivity contribution >= 4 is 17.3 Å². The van der Waals surface area contributed by atoms with Crippen molar-refractivity contribution in [1.82, 2.24) is 4.90 Å². The maximum atomic E-state index is 13.1. The van der Waals surface area contributed by atoms with E-state index in [4.69, 9.17) is 9.47 Å². The van der Waals surface area contributed by atoms with Gasteiger partial charge in [-0.15, -0.1) is 0 Å². The van der Waals surface area contributed by atoms with Gasteiger partial charge in [0.1, 0.15) is 13.2 Å². The number of rotatable bonds is 4. The standard InChI is InChI=1S/C25H31N3O3/c29-25(19-6-9-22(10-7-19)27-12-2-1-3-13-27)28-14-4-5-21(18-28)26-20-8-11-23-24(17-20)31-16-15-30-23/h6-11,17,21,26H,1-5,12-16,18H2. The van der Waals surface area contributed by atoms with Crippen molar-refractivity contribution in [2.45, 2.75) is 38.1 Å². The number of hydrogen-bond donors (Lipinski definition) is 1. The number of amides is 1. The van der Waals surface area contributed by atoms with E-state index in [-0.39, 0.29) is 11.9 Å². The fourth-order valence-electron chi connectivity index (χ4n) is 4.80. The van der Waals surface area contributed by atoms with Crippen LogP contribution in [0.5, 0.6) is 11.5 Å². The average Bonchev–Trinajstić information content (AvgIpc) is 2.84. The third kappa shape index (κ3) is 4.58. The summed E-state index contributed by atoms with van der Waals surface area (Å²) in [5, 5.41) is 3.58. The summed E-state index contributed by atoms with van der Waals surface area (Å²) in [5.41, 5.74) is 3.02. The fraction of sp³-hybridized carbons (Fsp3) is 0.480. The molecule has 0 spiro atoms. The van der Waals surface area contributed by atoms with Crippen LogP contribution in [0.1, 0.15) is 42.5 Å². The van der Waals surface area contributed by atoms with E-state index < -0.39 is 0 Å². The third-order valence-corrected chi connectivity index (χ3v) is 6.46. The van der Waals surface area contributed by atoms with Crippen LogP contribution < -0.4 is 19.7 Å². The van der Waals surface area contributed by atoms with E-state index in [1.165, 1.54) is 24.9 Å². The Morgan fingerprint density at radius 3 is 2.45 bits per heavy atom. The van der Waals surface area contributed by atoms with Gasteiger partial charge in [0, 0.05) is 55.2 Å². The second-order valence-corrected chi connectivity index (χ2v) is 8.69.